The van der Waals surface area contributed by atoms with Crippen molar-refractivity contribution >= 4 is 33.7 Å². The van der Waals surface area contributed by atoms with Gasteiger partial charge in [-0.15, -0.1) is 0 Å². The van der Waals surface area contributed by atoms with Gasteiger partial charge < -0.3 is 20.5 Å². The van der Waals surface area contributed by atoms with Crippen LogP contribution in [0, 0.1) is 5.92 Å². The van der Waals surface area contributed by atoms with Gasteiger partial charge in [-0.25, -0.2) is 0 Å². The van der Waals surface area contributed by atoms with Crippen LogP contribution >= 0.6 is 15.9 Å². The summed E-state index contributed by atoms with van der Waals surface area (Å²) in [6.45, 7) is 0.362. The van der Waals surface area contributed by atoms with E-state index in [1.807, 2.05) is 0 Å². The highest BCUT2D eigenvalue weighted by atomic mass is 79.9. The lowest BCUT2D eigenvalue weighted by atomic mass is 9.90. The van der Waals surface area contributed by atoms with Crippen LogP contribution in [0.4, 0.5) is 0 Å². The van der Waals surface area contributed by atoms with Gasteiger partial charge in [-0.1, -0.05) is 15.9 Å². The Balaban J connectivity index is 1.47. The smallest absolute Gasteiger partial charge is 0.252 e. The van der Waals surface area contributed by atoms with Crippen molar-refractivity contribution in [2.75, 3.05) is 6.54 Å². The van der Waals surface area contributed by atoms with Gasteiger partial charge in [-0.3, -0.25) is 19.2 Å². The molecule has 3 rings (SSSR count). The average Bonchev–Trinajstić information content (AvgIpc) is 2.65. The molecule has 0 aromatic carbocycles. The Bertz CT molecular complexity index is 799. The van der Waals surface area contributed by atoms with E-state index >= 15 is 0 Å². The van der Waals surface area contributed by atoms with E-state index in [1.54, 1.807) is 12.3 Å². The summed E-state index contributed by atoms with van der Waals surface area (Å²) >= 11 is 3.23. The quantitative estimate of drug-likeness (QED) is 0.609. The minimum atomic E-state index is -0.238. The number of carbonyl (C=O) groups is 3. The van der Waals surface area contributed by atoms with Crippen molar-refractivity contribution < 1.29 is 14.4 Å². The maximum atomic E-state index is 12.4. The van der Waals surface area contributed by atoms with Crippen LogP contribution in [0.5, 0.6) is 0 Å². The molecule has 3 unspecified atom stereocenters. The number of halogens is 1. The van der Waals surface area contributed by atoms with E-state index in [2.05, 4.69) is 31.9 Å². The van der Waals surface area contributed by atoms with Crippen LogP contribution < -0.4 is 21.5 Å². The molecule has 9 heteroatoms. The van der Waals surface area contributed by atoms with E-state index in [1.165, 1.54) is 10.6 Å². The lowest BCUT2D eigenvalue weighted by Crippen LogP contribution is -2.50. The molecule has 1 aliphatic heterocycles. The van der Waals surface area contributed by atoms with Crippen molar-refractivity contribution in [2.24, 2.45) is 5.92 Å². The Labute approximate surface area is 171 Å². The second kappa shape index (κ2) is 9.36. The highest BCUT2D eigenvalue weighted by Gasteiger charge is 2.29. The standard InChI is InChI=1S/C19H25BrN4O4/c20-13-6-7-24(18(27)8-13)11-17(26)22-14-2-1-3-15(9-14)23-19(28)12-4-5-16(25)21-10-12/h6-8,12,14-15H,1-5,9-11H2,(H,21,25)(H,22,26)(H,23,28). The number of nitrogens with zero attached hydrogens (tertiary/aromatic N) is 1. The van der Waals surface area contributed by atoms with Crippen LogP contribution in [0.15, 0.2) is 27.6 Å². The van der Waals surface area contributed by atoms with Crippen molar-refractivity contribution in [3.05, 3.63) is 33.2 Å². The lowest BCUT2D eigenvalue weighted by molar-refractivity contribution is -0.129. The number of rotatable bonds is 5. The Kier molecular flexibility index (Phi) is 6.88. The predicted molar refractivity (Wildman–Crippen MR) is 106 cm³/mol. The van der Waals surface area contributed by atoms with E-state index in [-0.39, 0.29) is 47.8 Å². The molecule has 1 saturated heterocycles. The second-order valence-electron chi connectivity index (χ2n) is 7.49. The summed E-state index contributed by atoms with van der Waals surface area (Å²) in [5.74, 6) is -0.430. The lowest BCUT2D eigenvalue weighted by Gasteiger charge is -2.32. The number of nitrogens with one attached hydrogen (secondary N) is 3. The zero-order chi connectivity index (χ0) is 20.1. The number of pyridine rings is 1. The predicted octanol–water partition coefficient (Wildman–Crippen LogP) is 0.681. The molecule has 0 radical (unpaired) electrons. The molecule has 1 aromatic rings. The van der Waals surface area contributed by atoms with Gasteiger partial charge in [0.25, 0.3) is 5.56 Å². The second-order valence-corrected chi connectivity index (χ2v) is 8.40. The molecule has 1 aromatic heterocycles. The largest absolute Gasteiger partial charge is 0.355 e. The molecule has 8 nitrogen and oxygen atoms in total. The molecule has 2 aliphatic rings. The van der Waals surface area contributed by atoms with Gasteiger partial charge in [-0.05, 0) is 38.2 Å². The average molecular weight is 453 g/mol. The Morgan fingerprint density at radius 3 is 2.61 bits per heavy atom. The Morgan fingerprint density at radius 1 is 1.18 bits per heavy atom. The first-order valence-electron chi connectivity index (χ1n) is 9.63. The van der Waals surface area contributed by atoms with Gasteiger partial charge in [0.15, 0.2) is 0 Å². The highest BCUT2D eigenvalue weighted by Crippen LogP contribution is 2.20. The molecule has 3 amide bonds. The third-order valence-electron chi connectivity index (χ3n) is 5.29. The zero-order valence-corrected chi connectivity index (χ0v) is 17.2. The topological polar surface area (TPSA) is 109 Å². The first kappa shape index (κ1) is 20.6. The number of aromatic nitrogens is 1. The molecule has 1 aliphatic carbocycles. The minimum absolute atomic E-state index is 0.00521. The maximum Gasteiger partial charge on any atom is 0.252 e. The van der Waals surface area contributed by atoms with Gasteiger partial charge in [0, 0.05) is 41.8 Å². The molecule has 2 fully saturated rings. The van der Waals surface area contributed by atoms with Crippen molar-refractivity contribution in [3.63, 3.8) is 0 Å². The molecule has 28 heavy (non-hydrogen) atoms. The van der Waals surface area contributed by atoms with Crippen LogP contribution in [0.25, 0.3) is 0 Å². The number of carbonyl (C=O) groups excluding carboxylic acids is 3. The fourth-order valence-corrected chi connectivity index (χ4v) is 4.08. The van der Waals surface area contributed by atoms with Crippen LogP contribution in [-0.2, 0) is 20.9 Å². The Hall–Kier alpha value is -2.16. The summed E-state index contributed by atoms with van der Waals surface area (Å²) in [6, 6.07) is 3.13. The normalized spacial score (nSPS) is 24.9. The molecule has 0 spiro atoms. The van der Waals surface area contributed by atoms with E-state index in [0.29, 0.717) is 30.3 Å². The summed E-state index contributed by atoms with van der Waals surface area (Å²) in [4.78, 5) is 47.9. The fourth-order valence-electron chi connectivity index (χ4n) is 3.77. The van der Waals surface area contributed by atoms with Crippen molar-refractivity contribution in [3.8, 4) is 0 Å². The van der Waals surface area contributed by atoms with Gasteiger partial charge >= 0.3 is 0 Å². The minimum Gasteiger partial charge on any atom is -0.355 e. The summed E-state index contributed by atoms with van der Waals surface area (Å²) in [6.07, 6.45) is 5.86. The summed E-state index contributed by atoms with van der Waals surface area (Å²) in [5.41, 5.74) is -0.238. The Morgan fingerprint density at radius 2 is 1.93 bits per heavy atom. The fraction of sp³-hybridized carbons (Fsp3) is 0.579. The maximum absolute atomic E-state index is 12.4. The first-order chi connectivity index (χ1) is 13.4. The SMILES string of the molecule is O=C1CCC(C(=O)NC2CCCC(NC(=O)Cn3ccc(Br)cc3=O)C2)CN1. The van der Waals surface area contributed by atoms with E-state index in [9.17, 15) is 19.2 Å². The summed E-state index contributed by atoms with van der Waals surface area (Å²) < 4.78 is 2.04. The van der Waals surface area contributed by atoms with E-state index < -0.39 is 0 Å². The van der Waals surface area contributed by atoms with Crippen molar-refractivity contribution in [1.29, 1.82) is 0 Å². The van der Waals surface area contributed by atoms with Gasteiger partial charge in [0.05, 0.1) is 5.92 Å². The summed E-state index contributed by atoms with van der Waals surface area (Å²) in [7, 11) is 0. The monoisotopic (exact) mass is 452 g/mol. The van der Waals surface area contributed by atoms with E-state index in [4.69, 9.17) is 0 Å². The molecule has 152 valence electrons. The van der Waals surface area contributed by atoms with Crippen LogP contribution in [0.2, 0.25) is 0 Å². The number of hydrogen-bond acceptors (Lipinski definition) is 4. The zero-order valence-electron chi connectivity index (χ0n) is 15.6. The number of amides is 3. The van der Waals surface area contributed by atoms with Crippen molar-refractivity contribution in [1.82, 2.24) is 20.5 Å². The summed E-state index contributed by atoms with van der Waals surface area (Å²) in [5, 5.41) is 8.78. The molecule has 3 atom stereocenters. The molecular formula is C19H25BrN4O4. The van der Waals surface area contributed by atoms with Crippen molar-refractivity contribution in [2.45, 2.75) is 57.2 Å². The number of hydrogen-bond donors (Lipinski definition) is 3. The van der Waals surface area contributed by atoms with Crippen LogP contribution in [0.1, 0.15) is 38.5 Å². The molecule has 3 N–H and O–H groups in total. The molecule has 2 heterocycles. The van der Waals surface area contributed by atoms with Gasteiger partial charge in [0.2, 0.25) is 17.7 Å². The highest BCUT2D eigenvalue weighted by molar-refractivity contribution is 9.10. The van der Waals surface area contributed by atoms with Crippen LogP contribution in [0.3, 0.4) is 0 Å². The van der Waals surface area contributed by atoms with E-state index in [0.717, 1.165) is 19.3 Å². The number of piperidine rings is 1. The molecular weight excluding hydrogens is 428 g/mol. The van der Waals surface area contributed by atoms with Gasteiger partial charge in [0.1, 0.15) is 6.54 Å². The third-order valence-corrected chi connectivity index (χ3v) is 5.79. The van der Waals surface area contributed by atoms with Gasteiger partial charge in [-0.2, -0.15) is 0 Å². The van der Waals surface area contributed by atoms with Crippen LogP contribution in [-0.4, -0.2) is 40.9 Å². The third kappa shape index (κ3) is 5.67. The molecule has 0 bridgehead atoms. The molecule has 1 saturated carbocycles. The first-order valence-corrected chi connectivity index (χ1v) is 10.4.